The molecule has 0 bridgehead atoms. The summed E-state index contributed by atoms with van der Waals surface area (Å²) in [5.41, 5.74) is 14.2. The van der Waals surface area contributed by atoms with Crippen LogP contribution in [0.2, 0.25) is 0 Å². The summed E-state index contributed by atoms with van der Waals surface area (Å²) in [5, 5.41) is 3.40. The first kappa shape index (κ1) is 31.0. The molecular weight excluding hydrogens is 683 g/mol. The molecule has 2 aliphatic carbocycles. The molecule has 2 aliphatic rings. The van der Waals surface area contributed by atoms with Crippen LogP contribution in [0.5, 0.6) is 0 Å². The zero-order chi connectivity index (χ0) is 36.8. The average molecular weight is 714 g/mol. The van der Waals surface area contributed by atoms with Crippen molar-refractivity contribution in [2.45, 2.75) is 5.41 Å². The quantitative estimate of drug-likeness (QED) is 0.182. The highest BCUT2D eigenvalue weighted by atomic mass is 16.3. The van der Waals surface area contributed by atoms with Gasteiger partial charge in [0.2, 0.25) is 0 Å². The minimum absolute atomic E-state index is 0.566. The summed E-state index contributed by atoms with van der Waals surface area (Å²) in [5.74, 6) is 2.94. The smallest absolute Gasteiger partial charge is 0.164 e. The monoisotopic (exact) mass is 713 g/mol. The molecule has 0 saturated carbocycles. The van der Waals surface area contributed by atoms with Gasteiger partial charge in [-0.3, -0.25) is 0 Å². The van der Waals surface area contributed by atoms with Crippen molar-refractivity contribution in [1.82, 2.24) is 15.0 Å². The number of hydrogen-bond donors (Lipinski definition) is 0. The molecule has 56 heavy (non-hydrogen) atoms. The number of benzene rings is 8. The maximum atomic E-state index is 6.94. The molecule has 8 aromatic carbocycles. The largest absolute Gasteiger partial charge is 0.459 e. The van der Waals surface area contributed by atoms with Crippen molar-refractivity contribution < 1.29 is 4.42 Å². The summed E-state index contributed by atoms with van der Waals surface area (Å²) in [6, 6.07) is 66.5. The lowest BCUT2D eigenvalue weighted by molar-refractivity contribution is 0.507. The van der Waals surface area contributed by atoms with Crippen molar-refractivity contribution in [3.05, 3.63) is 211 Å². The number of hydrogen-bond acceptors (Lipinski definition) is 4. The second-order valence-electron chi connectivity index (χ2n) is 14.7. The Kier molecular flexibility index (Phi) is 6.52. The Bertz CT molecular complexity index is 3150. The van der Waals surface area contributed by atoms with Crippen LogP contribution in [-0.2, 0) is 5.41 Å². The lowest BCUT2D eigenvalue weighted by atomic mass is 9.72. The van der Waals surface area contributed by atoms with E-state index in [1.807, 2.05) is 30.3 Å². The van der Waals surface area contributed by atoms with Gasteiger partial charge < -0.3 is 4.42 Å². The molecule has 1 spiro atoms. The van der Waals surface area contributed by atoms with E-state index in [9.17, 15) is 0 Å². The van der Waals surface area contributed by atoms with Gasteiger partial charge in [0.05, 0.1) is 0 Å². The number of fused-ring (bicyclic) bond motifs is 13. The maximum absolute atomic E-state index is 6.94. The molecule has 4 heteroatoms. The number of nitrogens with zero attached hydrogens (tertiary/aromatic N) is 3. The van der Waals surface area contributed by atoms with Crippen LogP contribution in [0.25, 0.3) is 89.3 Å². The van der Waals surface area contributed by atoms with Crippen LogP contribution in [0.15, 0.2) is 192 Å². The highest BCUT2D eigenvalue weighted by Crippen LogP contribution is 2.64. The van der Waals surface area contributed by atoms with E-state index in [1.54, 1.807) is 0 Å². The van der Waals surface area contributed by atoms with E-state index in [4.69, 9.17) is 19.4 Å². The third kappa shape index (κ3) is 4.32. The lowest BCUT2D eigenvalue weighted by Crippen LogP contribution is -2.25. The first-order valence-electron chi connectivity index (χ1n) is 19.0. The number of aromatic nitrogens is 3. The van der Waals surface area contributed by atoms with Crippen molar-refractivity contribution in [1.29, 1.82) is 0 Å². The fourth-order valence-electron chi connectivity index (χ4n) is 9.30. The van der Waals surface area contributed by atoms with E-state index in [1.165, 1.54) is 38.9 Å². The topological polar surface area (TPSA) is 51.8 Å². The third-order valence-electron chi connectivity index (χ3n) is 11.8. The molecule has 0 atom stereocenters. The van der Waals surface area contributed by atoms with Gasteiger partial charge in [-0.1, -0.05) is 176 Å². The summed E-state index contributed by atoms with van der Waals surface area (Å²) < 4.78 is 6.94. The molecule has 0 unspecified atom stereocenters. The molecule has 0 radical (unpaired) electrons. The van der Waals surface area contributed by atoms with Crippen molar-refractivity contribution >= 4 is 21.7 Å². The number of furan rings is 1. The zero-order valence-corrected chi connectivity index (χ0v) is 30.1. The molecule has 260 valence electrons. The SMILES string of the molecule is c1ccc(-c2nc(-c3ccc(-c4ccc5c(c4)C4(c6ccccc6-c6ccccc64)c4oc6ccccc6c4-5)cc3)nc(-c3cccc4ccccc34)n2)cc1. The molecular formula is C52H31N3O. The first-order chi connectivity index (χ1) is 27.8. The van der Waals surface area contributed by atoms with Gasteiger partial charge in [-0.2, -0.15) is 0 Å². The molecule has 0 saturated heterocycles. The standard InChI is InChI=1S/C52H31N3O/c1-2-14-34(15-3-1)49-53-50(55-51(54-49)40-21-12-16-33-13-4-5-17-37(33)40)35-27-25-32(26-28-35)36-29-30-41-45(31-36)52(48-47(41)42-20-8-11-24-46(42)56-48)43-22-9-6-18-38(43)39-19-7-10-23-44(39)52/h1-31H. The van der Waals surface area contributed by atoms with Crippen LogP contribution in [-0.4, -0.2) is 15.0 Å². The van der Waals surface area contributed by atoms with Crippen molar-refractivity contribution in [2.75, 3.05) is 0 Å². The van der Waals surface area contributed by atoms with Crippen LogP contribution in [0.1, 0.15) is 22.5 Å². The molecule has 0 amide bonds. The minimum Gasteiger partial charge on any atom is -0.459 e. The zero-order valence-electron chi connectivity index (χ0n) is 30.1. The molecule has 0 fully saturated rings. The Morgan fingerprint density at radius 1 is 0.357 bits per heavy atom. The summed E-state index contributed by atoms with van der Waals surface area (Å²) in [4.78, 5) is 15.1. The van der Waals surface area contributed by atoms with Crippen molar-refractivity contribution in [2.24, 2.45) is 0 Å². The fraction of sp³-hybridized carbons (Fsp3) is 0.0192. The van der Waals surface area contributed by atoms with E-state index in [0.717, 1.165) is 55.3 Å². The molecule has 4 nitrogen and oxygen atoms in total. The Morgan fingerprint density at radius 3 is 1.68 bits per heavy atom. The molecule has 0 N–H and O–H groups in total. The van der Waals surface area contributed by atoms with Crippen LogP contribution >= 0.6 is 0 Å². The van der Waals surface area contributed by atoms with E-state index in [-0.39, 0.29) is 0 Å². The Hall–Kier alpha value is -7.43. The molecule has 2 heterocycles. The van der Waals surface area contributed by atoms with Gasteiger partial charge in [-0.25, -0.2) is 15.0 Å². The van der Waals surface area contributed by atoms with Crippen LogP contribution < -0.4 is 0 Å². The summed E-state index contributed by atoms with van der Waals surface area (Å²) in [6.45, 7) is 0. The Morgan fingerprint density at radius 2 is 0.911 bits per heavy atom. The third-order valence-corrected chi connectivity index (χ3v) is 11.8. The van der Waals surface area contributed by atoms with Gasteiger partial charge in [-0.05, 0) is 67.4 Å². The highest BCUT2D eigenvalue weighted by Gasteiger charge is 2.55. The molecule has 0 aliphatic heterocycles. The van der Waals surface area contributed by atoms with Crippen LogP contribution in [0, 0.1) is 0 Å². The lowest BCUT2D eigenvalue weighted by Gasteiger charge is -2.28. The summed E-state index contributed by atoms with van der Waals surface area (Å²) in [7, 11) is 0. The normalized spacial score (nSPS) is 13.1. The van der Waals surface area contributed by atoms with Crippen LogP contribution in [0.3, 0.4) is 0 Å². The molecule has 2 aromatic heterocycles. The Labute approximate surface area is 323 Å². The van der Waals surface area contributed by atoms with Gasteiger partial charge in [0.1, 0.15) is 16.8 Å². The van der Waals surface area contributed by atoms with E-state index < -0.39 is 5.41 Å². The number of para-hydroxylation sites is 1. The predicted octanol–water partition coefficient (Wildman–Crippen LogP) is 12.8. The predicted molar refractivity (Wildman–Crippen MR) is 225 cm³/mol. The minimum atomic E-state index is -0.566. The molecule has 12 rings (SSSR count). The van der Waals surface area contributed by atoms with Gasteiger partial charge in [0.25, 0.3) is 0 Å². The highest BCUT2D eigenvalue weighted by molar-refractivity contribution is 6.05. The van der Waals surface area contributed by atoms with E-state index in [0.29, 0.717) is 17.5 Å². The van der Waals surface area contributed by atoms with Gasteiger partial charge in [0, 0.05) is 27.6 Å². The van der Waals surface area contributed by atoms with E-state index >= 15 is 0 Å². The van der Waals surface area contributed by atoms with E-state index in [2.05, 4.69) is 158 Å². The number of rotatable bonds is 4. The van der Waals surface area contributed by atoms with Crippen molar-refractivity contribution in [3.8, 4) is 67.5 Å². The second-order valence-corrected chi connectivity index (χ2v) is 14.7. The second kappa shape index (κ2) is 11.8. The van der Waals surface area contributed by atoms with Gasteiger partial charge in [0.15, 0.2) is 17.5 Å². The molecule has 10 aromatic rings. The Balaban J connectivity index is 1.01. The van der Waals surface area contributed by atoms with Gasteiger partial charge >= 0.3 is 0 Å². The first-order valence-corrected chi connectivity index (χ1v) is 19.0. The van der Waals surface area contributed by atoms with Crippen molar-refractivity contribution in [3.63, 3.8) is 0 Å². The van der Waals surface area contributed by atoms with Gasteiger partial charge in [-0.15, -0.1) is 0 Å². The summed E-state index contributed by atoms with van der Waals surface area (Å²) in [6.07, 6.45) is 0. The average Bonchev–Trinajstić information content (AvgIpc) is 3.90. The van der Waals surface area contributed by atoms with Crippen LogP contribution in [0.4, 0.5) is 0 Å². The maximum Gasteiger partial charge on any atom is 0.164 e. The summed E-state index contributed by atoms with van der Waals surface area (Å²) >= 11 is 0. The fourth-order valence-corrected chi connectivity index (χ4v) is 9.30.